The number of carbonyl (C=O) groups is 1. The Bertz CT molecular complexity index is 841. The van der Waals surface area contributed by atoms with Crippen molar-refractivity contribution in [2.24, 2.45) is 0 Å². The SMILES string of the molecule is Cc1ccc(-c2nnc(CN(C)C(=O)CCCc3ccccc3)o2)cc1. The molecule has 0 radical (unpaired) electrons. The number of hydrogen-bond acceptors (Lipinski definition) is 4. The molecule has 5 heteroatoms. The number of amides is 1. The van der Waals surface area contributed by atoms with Gasteiger partial charge in [-0.25, -0.2) is 0 Å². The van der Waals surface area contributed by atoms with E-state index in [1.807, 2.05) is 49.4 Å². The first-order valence-corrected chi connectivity index (χ1v) is 8.79. The quantitative estimate of drug-likeness (QED) is 0.646. The topological polar surface area (TPSA) is 59.2 Å². The van der Waals surface area contributed by atoms with Gasteiger partial charge in [-0.15, -0.1) is 10.2 Å². The zero-order valence-electron chi connectivity index (χ0n) is 15.2. The molecule has 2 aromatic carbocycles. The van der Waals surface area contributed by atoms with Gasteiger partial charge in [0.25, 0.3) is 0 Å². The van der Waals surface area contributed by atoms with Crippen LogP contribution < -0.4 is 0 Å². The fourth-order valence-corrected chi connectivity index (χ4v) is 2.70. The van der Waals surface area contributed by atoms with Gasteiger partial charge in [0, 0.05) is 19.0 Å². The largest absolute Gasteiger partial charge is 0.419 e. The van der Waals surface area contributed by atoms with Crippen LogP contribution in [0, 0.1) is 6.92 Å². The number of carbonyl (C=O) groups excluding carboxylic acids is 1. The summed E-state index contributed by atoms with van der Waals surface area (Å²) in [5.41, 5.74) is 3.31. The summed E-state index contributed by atoms with van der Waals surface area (Å²) in [5, 5.41) is 8.13. The molecule has 5 nitrogen and oxygen atoms in total. The normalized spacial score (nSPS) is 10.7. The van der Waals surface area contributed by atoms with E-state index in [0.29, 0.717) is 24.7 Å². The maximum absolute atomic E-state index is 12.3. The minimum Gasteiger partial charge on any atom is -0.419 e. The van der Waals surface area contributed by atoms with Crippen molar-refractivity contribution in [3.05, 3.63) is 71.6 Å². The lowest BCUT2D eigenvalue weighted by Gasteiger charge is -2.14. The lowest BCUT2D eigenvalue weighted by Crippen LogP contribution is -2.26. The van der Waals surface area contributed by atoms with Crippen molar-refractivity contribution in [3.63, 3.8) is 0 Å². The molecule has 0 bridgehead atoms. The van der Waals surface area contributed by atoms with Crippen LogP contribution in [0.2, 0.25) is 0 Å². The van der Waals surface area contributed by atoms with E-state index in [-0.39, 0.29) is 5.91 Å². The van der Waals surface area contributed by atoms with Gasteiger partial charge >= 0.3 is 0 Å². The third-order valence-electron chi connectivity index (χ3n) is 4.26. The van der Waals surface area contributed by atoms with E-state index in [4.69, 9.17) is 4.42 Å². The second-order valence-corrected chi connectivity index (χ2v) is 6.46. The average molecular weight is 349 g/mol. The van der Waals surface area contributed by atoms with Crippen LogP contribution in [-0.4, -0.2) is 28.1 Å². The standard InChI is InChI=1S/C21H23N3O2/c1-16-11-13-18(14-12-16)21-23-22-19(26-21)15-24(2)20(25)10-6-9-17-7-4-3-5-8-17/h3-5,7-8,11-14H,6,9-10,15H2,1-2H3. The Balaban J connectivity index is 1.50. The van der Waals surface area contributed by atoms with Crippen molar-refractivity contribution in [3.8, 4) is 11.5 Å². The van der Waals surface area contributed by atoms with Crippen LogP contribution in [0.1, 0.15) is 29.9 Å². The van der Waals surface area contributed by atoms with Gasteiger partial charge in [0.2, 0.25) is 17.7 Å². The van der Waals surface area contributed by atoms with Crippen LogP contribution >= 0.6 is 0 Å². The van der Waals surface area contributed by atoms with Crippen LogP contribution in [-0.2, 0) is 17.8 Å². The number of rotatable bonds is 7. The Morgan fingerprint density at radius 3 is 2.50 bits per heavy atom. The van der Waals surface area contributed by atoms with Gasteiger partial charge in [0.15, 0.2) is 0 Å². The molecule has 0 aliphatic carbocycles. The summed E-state index contributed by atoms with van der Waals surface area (Å²) in [6.45, 7) is 2.35. The van der Waals surface area contributed by atoms with Crippen LogP contribution in [0.15, 0.2) is 59.0 Å². The molecule has 0 N–H and O–H groups in total. The van der Waals surface area contributed by atoms with E-state index in [1.54, 1.807) is 11.9 Å². The van der Waals surface area contributed by atoms with E-state index in [0.717, 1.165) is 18.4 Å². The van der Waals surface area contributed by atoms with E-state index < -0.39 is 0 Å². The number of nitrogens with zero attached hydrogens (tertiary/aromatic N) is 3. The highest BCUT2D eigenvalue weighted by molar-refractivity contribution is 5.75. The summed E-state index contributed by atoms with van der Waals surface area (Å²) in [4.78, 5) is 13.9. The molecule has 0 spiro atoms. The molecule has 1 heterocycles. The van der Waals surface area contributed by atoms with Gasteiger partial charge in [-0.05, 0) is 37.5 Å². The third-order valence-corrected chi connectivity index (χ3v) is 4.26. The molecule has 1 amide bonds. The highest BCUT2D eigenvalue weighted by Crippen LogP contribution is 2.19. The van der Waals surface area contributed by atoms with Gasteiger partial charge in [0.1, 0.15) is 0 Å². The fraction of sp³-hybridized carbons (Fsp3) is 0.286. The molecule has 0 saturated heterocycles. The second-order valence-electron chi connectivity index (χ2n) is 6.46. The van der Waals surface area contributed by atoms with Crippen molar-refractivity contribution >= 4 is 5.91 Å². The Hall–Kier alpha value is -2.95. The van der Waals surface area contributed by atoms with Gasteiger partial charge in [-0.1, -0.05) is 48.0 Å². The monoisotopic (exact) mass is 349 g/mol. The van der Waals surface area contributed by atoms with E-state index >= 15 is 0 Å². The van der Waals surface area contributed by atoms with Gasteiger partial charge < -0.3 is 9.32 Å². The van der Waals surface area contributed by atoms with Crippen LogP contribution in [0.4, 0.5) is 0 Å². The molecule has 0 aliphatic heterocycles. The first kappa shape index (κ1) is 17.9. The molecule has 26 heavy (non-hydrogen) atoms. The van der Waals surface area contributed by atoms with Crippen LogP contribution in [0.25, 0.3) is 11.5 Å². The summed E-state index contributed by atoms with van der Waals surface area (Å²) in [6, 6.07) is 18.1. The summed E-state index contributed by atoms with van der Waals surface area (Å²) >= 11 is 0. The Labute approximate surface area is 153 Å². The zero-order valence-corrected chi connectivity index (χ0v) is 15.2. The Morgan fingerprint density at radius 1 is 1.04 bits per heavy atom. The maximum Gasteiger partial charge on any atom is 0.247 e. The summed E-state index contributed by atoms with van der Waals surface area (Å²) < 4.78 is 5.69. The van der Waals surface area contributed by atoms with Crippen LogP contribution in [0.5, 0.6) is 0 Å². The molecule has 0 aliphatic rings. The van der Waals surface area contributed by atoms with Crippen molar-refractivity contribution in [2.45, 2.75) is 32.7 Å². The second kappa shape index (κ2) is 8.43. The van der Waals surface area contributed by atoms with Crippen molar-refractivity contribution < 1.29 is 9.21 Å². The number of benzene rings is 2. The minimum atomic E-state index is 0.0796. The number of aromatic nitrogens is 2. The van der Waals surface area contributed by atoms with E-state index in [2.05, 4.69) is 22.3 Å². The smallest absolute Gasteiger partial charge is 0.247 e. The molecular weight excluding hydrogens is 326 g/mol. The third kappa shape index (κ3) is 4.79. The minimum absolute atomic E-state index is 0.0796. The van der Waals surface area contributed by atoms with Gasteiger partial charge in [0.05, 0.1) is 6.54 Å². The molecule has 0 saturated carbocycles. The first-order valence-electron chi connectivity index (χ1n) is 8.79. The summed E-state index contributed by atoms with van der Waals surface area (Å²) in [7, 11) is 1.76. The highest BCUT2D eigenvalue weighted by Gasteiger charge is 2.14. The van der Waals surface area contributed by atoms with Crippen molar-refractivity contribution in [2.75, 3.05) is 7.05 Å². The van der Waals surface area contributed by atoms with Crippen LogP contribution in [0.3, 0.4) is 0 Å². The maximum atomic E-state index is 12.3. The predicted molar refractivity (Wildman–Crippen MR) is 100 cm³/mol. The lowest BCUT2D eigenvalue weighted by atomic mass is 10.1. The predicted octanol–water partition coefficient (Wildman–Crippen LogP) is 4.03. The lowest BCUT2D eigenvalue weighted by molar-refractivity contribution is -0.130. The van der Waals surface area contributed by atoms with Gasteiger partial charge in [-0.3, -0.25) is 4.79 Å². The van der Waals surface area contributed by atoms with Crippen molar-refractivity contribution in [1.82, 2.24) is 15.1 Å². The van der Waals surface area contributed by atoms with E-state index in [1.165, 1.54) is 11.1 Å². The van der Waals surface area contributed by atoms with Crippen molar-refractivity contribution in [1.29, 1.82) is 0 Å². The average Bonchev–Trinajstić information content (AvgIpc) is 3.11. The Kier molecular flexibility index (Phi) is 5.79. The molecule has 0 unspecified atom stereocenters. The molecule has 0 fully saturated rings. The summed E-state index contributed by atoms with van der Waals surface area (Å²) in [5.74, 6) is 1.00. The highest BCUT2D eigenvalue weighted by atomic mass is 16.4. The number of hydrogen-bond donors (Lipinski definition) is 0. The Morgan fingerprint density at radius 2 is 1.77 bits per heavy atom. The summed E-state index contributed by atoms with van der Waals surface area (Å²) in [6.07, 6.45) is 2.23. The molecule has 1 aromatic heterocycles. The van der Waals surface area contributed by atoms with E-state index in [9.17, 15) is 4.79 Å². The molecular formula is C21H23N3O2. The fourth-order valence-electron chi connectivity index (χ4n) is 2.70. The molecule has 134 valence electrons. The molecule has 3 aromatic rings. The zero-order chi connectivity index (χ0) is 18.4. The molecule has 0 atom stereocenters. The molecule has 3 rings (SSSR count). The first-order chi connectivity index (χ1) is 12.6. The van der Waals surface area contributed by atoms with Gasteiger partial charge in [-0.2, -0.15) is 0 Å². The number of aryl methyl sites for hydroxylation is 2.